The fourth-order valence-corrected chi connectivity index (χ4v) is 5.76. The number of aromatic nitrogens is 3. The van der Waals surface area contributed by atoms with E-state index in [0.717, 1.165) is 56.2 Å². The second-order valence-corrected chi connectivity index (χ2v) is 9.94. The summed E-state index contributed by atoms with van der Waals surface area (Å²) < 4.78 is 42.3. The monoisotopic (exact) mass is 557 g/mol. The van der Waals surface area contributed by atoms with Crippen LogP contribution in [-0.2, 0) is 29.4 Å². The van der Waals surface area contributed by atoms with Crippen molar-refractivity contribution < 1.29 is 18.0 Å². The van der Waals surface area contributed by atoms with Crippen molar-refractivity contribution in [2.75, 3.05) is 18.4 Å². The van der Waals surface area contributed by atoms with Gasteiger partial charge in [-0.05, 0) is 72.9 Å². The molecule has 1 saturated heterocycles. The molecular weight excluding hydrogens is 539 g/mol. The number of fused-ring (bicyclic) bond motifs is 3. The van der Waals surface area contributed by atoms with Crippen LogP contribution in [0.2, 0.25) is 5.02 Å². The second-order valence-electron chi connectivity index (χ2n) is 8.72. The van der Waals surface area contributed by atoms with Crippen molar-refractivity contribution >= 4 is 44.8 Å². The van der Waals surface area contributed by atoms with E-state index in [-0.39, 0.29) is 28.2 Å². The predicted octanol–water partition coefficient (Wildman–Crippen LogP) is 4.14. The molecule has 180 valence electrons. The van der Waals surface area contributed by atoms with E-state index in [1.54, 1.807) is 10.6 Å². The molecule has 0 unspecified atom stereocenters. The van der Waals surface area contributed by atoms with Gasteiger partial charge in [-0.25, -0.2) is 0 Å². The normalized spacial score (nSPS) is 17.3. The lowest BCUT2D eigenvalue weighted by Gasteiger charge is -2.34. The first-order valence-electron chi connectivity index (χ1n) is 10.8. The van der Waals surface area contributed by atoms with E-state index in [0.29, 0.717) is 22.2 Å². The number of nitrogens with one attached hydrogen (secondary N) is 2. The predicted molar refractivity (Wildman–Crippen MR) is 124 cm³/mol. The zero-order chi connectivity index (χ0) is 24.3. The Morgan fingerprint density at radius 1 is 1.24 bits per heavy atom. The quantitative estimate of drug-likeness (QED) is 0.507. The zero-order valence-corrected chi connectivity index (χ0v) is 20.1. The molecule has 2 aliphatic rings. The summed E-state index contributed by atoms with van der Waals surface area (Å²) in [5.41, 5.74) is 0.745. The Balaban J connectivity index is 1.52. The highest BCUT2D eigenvalue weighted by molar-refractivity contribution is 9.10. The van der Waals surface area contributed by atoms with Gasteiger partial charge in [0.05, 0.1) is 16.3 Å². The summed E-state index contributed by atoms with van der Waals surface area (Å²) >= 11 is 9.32. The lowest BCUT2D eigenvalue weighted by atomic mass is 9.75. The van der Waals surface area contributed by atoms with Crippen molar-refractivity contribution in [1.82, 2.24) is 19.5 Å². The standard InChI is InChI=1S/C22H20BrClF3N5O2/c23-16-10-18-31(11-17(33)29-14-2-1-12(9-13(14)24)22(25,26)27)15-3-4-21(5-7-28-8-6-21)19(15)20(34)32(18)30-16/h1-2,9-10,28H,3-8,11H2,(H,29,33). The lowest BCUT2D eigenvalue weighted by molar-refractivity contribution is -0.137. The van der Waals surface area contributed by atoms with Crippen LogP contribution in [0.1, 0.15) is 36.1 Å². The number of anilines is 1. The molecule has 0 atom stereocenters. The summed E-state index contributed by atoms with van der Waals surface area (Å²) in [5, 5.41) is 10.0. The first kappa shape index (κ1) is 23.4. The third kappa shape index (κ3) is 3.93. The molecule has 3 aromatic rings. The molecule has 5 rings (SSSR count). The number of piperidine rings is 1. The van der Waals surface area contributed by atoms with Gasteiger partial charge in [0.25, 0.3) is 5.56 Å². The summed E-state index contributed by atoms with van der Waals surface area (Å²) in [7, 11) is 0. The summed E-state index contributed by atoms with van der Waals surface area (Å²) in [6.07, 6.45) is -1.40. The van der Waals surface area contributed by atoms with E-state index in [1.165, 1.54) is 4.52 Å². The van der Waals surface area contributed by atoms with E-state index >= 15 is 0 Å². The van der Waals surface area contributed by atoms with Crippen LogP contribution in [0.3, 0.4) is 0 Å². The molecule has 7 nitrogen and oxygen atoms in total. The average molecular weight is 559 g/mol. The molecule has 1 fully saturated rings. The van der Waals surface area contributed by atoms with Gasteiger partial charge in [0.15, 0.2) is 0 Å². The molecule has 0 saturated carbocycles. The van der Waals surface area contributed by atoms with E-state index in [2.05, 4.69) is 31.7 Å². The maximum Gasteiger partial charge on any atom is 0.416 e. The van der Waals surface area contributed by atoms with Crippen LogP contribution in [0.4, 0.5) is 18.9 Å². The average Bonchev–Trinajstić information content (AvgIpc) is 3.34. The second kappa shape index (κ2) is 8.39. The van der Waals surface area contributed by atoms with Gasteiger partial charge in [-0.15, -0.1) is 0 Å². The number of benzene rings is 1. The summed E-state index contributed by atoms with van der Waals surface area (Å²) in [4.78, 5) is 26.4. The SMILES string of the molecule is O=C(Cn1c2c(c(=O)n3nc(Br)cc13)C1(CCNCC1)CC2)Nc1ccc(C(F)(F)F)cc1Cl. The van der Waals surface area contributed by atoms with Crippen molar-refractivity contribution in [2.45, 2.75) is 43.8 Å². The van der Waals surface area contributed by atoms with Gasteiger partial charge >= 0.3 is 6.18 Å². The van der Waals surface area contributed by atoms with Crippen molar-refractivity contribution in [1.29, 1.82) is 0 Å². The fraction of sp³-hybridized carbons (Fsp3) is 0.409. The van der Waals surface area contributed by atoms with E-state index in [1.807, 2.05) is 0 Å². The number of nitrogens with zero attached hydrogens (tertiary/aromatic N) is 3. The number of rotatable bonds is 3. The highest BCUT2D eigenvalue weighted by Crippen LogP contribution is 2.43. The number of alkyl halides is 3. The first-order valence-corrected chi connectivity index (χ1v) is 11.9. The van der Waals surface area contributed by atoms with Crippen LogP contribution in [0.15, 0.2) is 33.7 Å². The Morgan fingerprint density at radius 2 is 1.97 bits per heavy atom. The largest absolute Gasteiger partial charge is 0.416 e. The first-order chi connectivity index (χ1) is 16.1. The third-order valence-electron chi connectivity index (χ3n) is 6.76. The molecular formula is C22H20BrClF3N5O2. The van der Waals surface area contributed by atoms with E-state index in [4.69, 9.17) is 11.6 Å². The van der Waals surface area contributed by atoms with Crippen LogP contribution >= 0.6 is 27.5 Å². The topological polar surface area (TPSA) is 80.4 Å². The van der Waals surface area contributed by atoms with Crippen LogP contribution in [-0.4, -0.2) is 33.2 Å². The molecule has 3 heterocycles. The van der Waals surface area contributed by atoms with Gasteiger partial charge in [-0.3, -0.25) is 9.59 Å². The van der Waals surface area contributed by atoms with Gasteiger partial charge in [0.2, 0.25) is 5.91 Å². The van der Waals surface area contributed by atoms with Crippen molar-refractivity contribution in [2.24, 2.45) is 0 Å². The Kier molecular flexibility index (Phi) is 5.77. The summed E-state index contributed by atoms with van der Waals surface area (Å²) in [6, 6.07) is 4.45. The third-order valence-corrected chi connectivity index (χ3v) is 7.46. The summed E-state index contributed by atoms with van der Waals surface area (Å²) in [6.45, 7) is 1.48. The smallest absolute Gasteiger partial charge is 0.323 e. The molecule has 0 radical (unpaired) electrons. The van der Waals surface area contributed by atoms with Crippen LogP contribution in [0, 0.1) is 0 Å². The Hall–Kier alpha value is -2.37. The Morgan fingerprint density at radius 3 is 2.65 bits per heavy atom. The molecule has 1 aliphatic carbocycles. The van der Waals surface area contributed by atoms with Crippen LogP contribution < -0.4 is 16.2 Å². The highest BCUT2D eigenvalue weighted by Gasteiger charge is 2.44. The number of halogens is 5. The molecule has 2 aromatic heterocycles. The van der Waals surface area contributed by atoms with E-state index in [9.17, 15) is 22.8 Å². The van der Waals surface area contributed by atoms with Crippen LogP contribution in [0.25, 0.3) is 5.65 Å². The molecule has 1 aliphatic heterocycles. The summed E-state index contributed by atoms with van der Waals surface area (Å²) in [5.74, 6) is -0.474. The highest BCUT2D eigenvalue weighted by atomic mass is 79.9. The molecule has 34 heavy (non-hydrogen) atoms. The fourth-order valence-electron chi connectivity index (χ4n) is 5.17. The molecule has 1 spiro atoms. The molecule has 2 N–H and O–H groups in total. The minimum atomic E-state index is -4.53. The van der Waals surface area contributed by atoms with E-state index < -0.39 is 17.6 Å². The van der Waals surface area contributed by atoms with Gasteiger partial charge in [-0.1, -0.05) is 11.6 Å². The maximum atomic E-state index is 13.4. The molecule has 1 amide bonds. The Bertz CT molecular complexity index is 1360. The van der Waals surface area contributed by atoms with Crippen molar-refractivity contribution in [3.63, 3.8) is 0 Å². The number of hydrogen-bond donors (Lipinski definition) is 2. The molecule has 1 aromatic carbocycles. The van der Waals surface area contributed by atoms with Crippen molar-refractivity contribution in [3.8, 4) is 0 Å². The van der Waals surface area contributed by atoms with Crippen molar-refractivity contribution in [3.05, 3.63) is 61.1 Å². The lowest BCUT2D eigenvalue weighted by Crippen LogP contribution is -2.42. The Labute approximate surface area is 205 Å². The van der Waals surface area contributed by atoms with Gasteiger partial charge < -0.3 is 15.2 Å². The number of hydrogen-bond acceptors (Lipinski definition) is 4. The molecule has 0 bridgehead atoms. The van der Waals surface area contributed by atoms with Gasteiger partial charge in [0.1, 0.15) is 16.8 Å². The van der Waals surface area contributed by atoms with Gasteiger partial charge in [-0.2, -0.15) is 22.8 Å². The minimum Gasteiger partial charge on any atom is -0.323 e. The maximum absolute atomic E-state index is 13.4. The minimum absolute atomic E-state index is 0.0814. The zero-order valence-electron chi connectivity index (χ0n) is 17.8. The number of carbonyl (C=O) groups excluding carboxylic acids is 1. The number of amides is 1. The van der Waals surface area contributed by atoms with Crippen LogP contribution in [0.5, 0.6) is 0 Å². The molecule has 12 heteroatoms. The number of carbonyl (C=O) groups is 1. The van der Waals surface area contributed by atoms with Gasteiger partial charge in [0, 0.05) is 22.7 Å².